The van der Waals surface area contributed by atoms with Crippen molar-refractivity contribution in [1.29, 1.82) is 0 Å². The van der Waals surface area contributed by atoms with Gasteiger partial charge in [-0.3, -0.25) is 4.79 Å². The Morgan fingerprint density at radius 2 is 2.03 bits per heavy atom. The van der Waals surface area contributed by atoms with E-state index in [4.69, 9.17) is 4.74 Å². The number of carbonyl (C=O) groups is 1. The summed E-state index contributed by atoms with van der Waals surface area (Å²) >= 11 is 1.45. The summed E-state index contributed by atoms with van der Waals surface area (Å²) in [7, 11) is 0. The molecule has 0 atom stereocenters. The number of anilines is 1. The molecule has 0 saturated carbocycles. The summed E-state index contributed by atoms with van der Waals surface area (Å²) in [6.07, 6.45) is 3.84. The van der Waals surface area contributed by atoms with E-state index in [2.05, 4.69) is 25.7 Å². The van der Waals surface area contributed by atoms with Gasteiger partial charge in [0.1, 0.15) is 11.6 Å². The summed E-state index contributed by atoms with van der Waals surface area (Å²) in [5.41, 5.74) is 1.47. The molecule has 0 saturated heterocycles. The van der Waals surface area contributed by atoms with Crippen LogP contribution in [0.5, 0.6) is 0 Å². The van der Waals surface area contributed by atoms with Gasteiger partial charge < -0.3 is 15.4 Å². The summed E-state index contributed by atoms with van der Waals surface area (Å²) in [6, 6.07) is 5.91. The number of nitrogens with zero attached hydrogens (tertiary/aromatic N) is 4. The molecule has 3 rings (SSSR count). The Morgan fingerprint density at radius 3 is 2.77 bits per heavy atom. The standard InChI is InChI=1S/C20H25FN6O2S/c1-3-29-11-9-23-18-16-13-24-27(19(16)26-20(25-18)30-2)10-8-22-17(28)12-14-4-6-15(21)7-5-14/h4-7,13H,3,8-12H2,1-2H3,(H,22,28)(H,23,25,26). The molecule has 0 aliphatic carbocycles. The number of rotatable bonds is 11. The molecule has 8 nitrogen and oxygen atoms in total. The number of carbonyl (C=O) groups excluding carboxylic acids is 1. The van der Waals surface area contributed by atoms with E-state index in [1.165, 1.54) is 23.9 Å². The van der Waals surface area contributed by atoms with Crippen molar-refractivity contribution in [2.45, 2.75) is 25.0 Å². The lowest BCUT2D eigenvalue weighted by atomic mass is 10.1. The third-order valence-corrected chi connectivity index (χ3v) is 4.87. The van der Waals surface area contributed by atoms with Gasteiger partial charge in [-0.25, -0.2) is 19.0 Å². The largest absolute Gasteiger partial charge is 0.380 e. The van der Waals surface area contributed by atoms with Gasteiger partial charge in [0, 0.05) is 19.7 Å². The second-order valence-electron chi connectivity index (χ2n) is 6.44. The van der Waals surface area contributed by atoms with Crippen molar-refractivity contribution in [1.82, 2.24) is 25.1 Å². The number of thioether (sulfide) groups is 1. The van der Waals surface area contributed by atoms with Crippen LogP contribution in [-0.4, -0.2) is 58.2 Å². The first kappa shape index (κ1) is 22.0. The molecule has 0 bridgehead atoms. The molecule has 0 unspecified atom stereocenters. The molecular formula is C20H25FN6O2S. The van der Waals surface area contributed by atoms with Gasteiger partial charge in [0.15, 0.2) is 10.8 Å². The normalized spacial score (nSPS) is 11.0. The SMILES string of the molecule is CCOCCNc1nc(SC)nc2c1cnn2CCNC(=O)Cc1ccc(F)cc1. The molecule has 0 aliphatic rings. The molecule has 2 heterocycles. The highest BCUT2D eigenvalue weighted by molar-refractivity contribution is 7.98. The lowest BCUT2D eigenvalue weighted by Gasteiger charge is -2.09. The van der Waals surface area contributed by atoms with Crippen molar-refractivity contribution in [2.75, 3.05) is 37.9 Å². The molecule has 1 amide bonds. The monoisotopic (exact) mass is 432 g/mol. The van der Waals surface area contributed by atoms with Crippen LogP contribution in [0.2, 0.25) is 0 Å². The lowest BCUT2D eigenvalue weighted by molar-refractivity contribution is -0.120. The highest BCUT2D eigenvalue weighted by Gasteiger charge is 2.13. The van der Waals surface area contributed by atoms with Crippen LogP contribution in [0.1, 0.15) is 12.5 Å². The zero-order valence-corrected chi connectivity index (χ0v) is 17.8. The van der Waals surface area contributed by atoms with Crippen molar-refractivity contribution in [3.63, 3.8) is 0 Å². The van der Waals surface area contributed by atoms with Crippen molar-refractivity contribution < 1.29 is 13.9 Å². The smallest absolute Gasteiger partial charge is 0.224 e. The minimum Gasteiger partial charge on any atom is -0.380 e. The maximum Gasteiger partial charge on any atom is 0.224 e. The van der Waals surface area contributed by atoms with E-state index in [1.54, 1.807) is 23.0 Å². The molecule has 3 aromatic rings. The predicted octanol–water partition coefficient (Wildman–Crippen LogP) is 2.49. The topological polar surface area (TPSA) is 94.0 Å². The van der Waals surface area contributed by atoms with Crippen molar-refractivity contribution in [3.05, 3.63) is 41.8 Å². The summed E-state index contributed by atoms with van der Waals surface area (Å²) in [6.45, 7) is 4.73. The van der Waals surface area contributed by atoms with Gasteiger partial charge in [-0.15, -0.1) is 0 Å². The number of ether oxygens (including phenoxy) is 1. The number of aromatic nitrogens is 4. The Balaban J connectivity index is 1.61. The zero-order chi connectivity index (χ0) is 21.3. The van der Waals surface area contributed by atoms with Crippen molar-refractivity contribution in [2.24, 2.45) is 0 Å². The van der Waals surface area contributed by atoms with E-state index in [9.17, 15) is 9.18 Å². The number of hydrogen-bond acceptors (Lipinski definition) is 7. The maximum absolute atomic E-state index is 13.0. The molecule has 2 aromatic heterocycles. The highest BCUT2D eigenvalue weighted by atomic mass is 32.2. The van der Waals surface area contributed by atoms with E-state index in [1.807, 2.05) is 13.2 Å². The molecular weight excluding hydrogens is 407 g/mol. The third-order valence-electron chi connectivity index (χ3n) is 4.32. The Labute approximate surface area is 178 Å². The van der Waals surface area contributed by atoms with Crippen LogP contribution in [-0.2, 0) is 22.5 Å². The fourth-order valence-electron chi connectivity index (χ4n) is 2.86. The van der Waals surface area contributed by atoms with Crippen LogP contribution in [0.25, 0.3) is 11.0 Å². The van der Waals surface area contributed by atoms with E-state index >= 15 is 0 Å². The van der Waals surface area contributed by atoms with Crippen molar-refractivity contribution >= 4 is 34.5 Å². The number of nitrogens with one attached hydrogen (secondary N) is 2. The molecule has 160 valence electrons. The second-order valence-corrected chi connectivity index (χ2v) is 7.21. The lowest BCUT2D eigenvalue weighted by Crippen LogP contribution is -2.28. The average Bonchev–Trinajstić information content (AvgIpc) is 3.16. The van der Waals surface area contributed by atoms with E-state index in [0.29, 0.717) is 43.7 Å². The van der Waals surface area contributed by atoms with Crippen LogP contribution in [0.4, 0.5) is 10.2 Å². The number of hydrogen-bond donors (Lipinski definition) is 2. The van der Waals surface area contributed by atoms with Crippen molar-refractivity contribution in [3.8, 4) is 0 Å². The van der Waals surface area contributed by atoms with Gasteiger partial charge in [0.2, 0.25) is 5.91 Å². The second kappa shape index (κ2) is 10.9. The number of fused-ring (bicyclic) bond motifs is 1. The number of benzene rings is 1. The van der Waals surface area contributed by atoms with E-state index in [-0.39, 0.29) is 18.1 Å². The molecule has 30 heavy (non-hydrogen) atoms. The first-order valence-electron chi connectivity index (χ1n) is 9.71. The highest BCUT2D eigenvalue weighted by Crippen LogP contribution is 2.23. The molecule has 0 radical (unpaired) electrons. The van der Waals surface area contributed by atoms with E-state index in [0.717, 1.165) is 16.8 Å². The van der Waals surface area contributed by atoms with Crippen LogP contribution >= 0.6 is 11.8 Å². The quantitative estimate of drug-likeness (QED) is 0.273. The van der Waals surface area contributed by atoms with Crippen LogP contribution < -0.4 is 10.6 Å². The Morgan fingerprint density at radius 1 is 1.23 bits per heavy atom. The van der Waals surface area contributed by atoms with Gasteiger partial charge >= 0.3 is 0 Å². The van der Waals surface area contributed by atoms with Gasteiger partial charge in [0.05, 0.1) is 31.2 Å². The van der Waals surface area contributed by atoms with Crippen LogP contribution in [0.3, 0.4) is 0 Å². The van der Waals surface area contributed by atoms with Crippen LogP contribution in [0.15, 0.2) is 35.6 Å². The molecule has 1 aromatic carbocycles. The molecule has 0 spiro atoms. The summed E-state index contributed by atoms with van der Waals surface area (Å²) in [5.74, 6) is 0.273. The summed E-state index contributed by atoms with van der Waals surface area (Å²) in [5, 5.41) is 12.0. The Hall–Kier alpha value is -2.72. The first-order chi connectivity index (χ1) is 14.6. The van der Waals surface area contributed by atoms with Crippen LogP contribution in [0, 0.1) is 5.82 Å². The molecule has 2 N–H and O–H groups in total. The van der Waals surface area contributed by atoms with Gasteiger partial charge in [0.25, 0.3) is 0 Å². The maximum atomic E-state index is 13.0. The predicted molar refractivity (Wildman–Crippen MR) is 115 cm³/mol. The Kier molecular flexibility index (Phi) is 7.97. The fourth-order valence-corrected chi connectivity index (χ4v) is 3.22. The molecule has 10 heteroatoms. The fraction of sp³-hybridized carbons (Fsp3) is 0.400. The number of halogens is 1. The third kappa shape index (κ3) is 5.90. The first-order valence-corrected chi connectivity index (χ1v) is 10.9. The molecule has 0 aliphatic heterocycles. The average molecular weight is 433 g/mol. The summed E-state index contributed by atoms with van der Waals surface area (Å²) in [4.78, 5) is 21.2. The minimum absolute atomic E-state index is 0.129. The van der Waals surface area contributed by atoms with Gasteiger partial charge in [-0.1, -0.05) is 23.9 Å². The van der Waals surface area contributed by atoms with Gasteiger partial charge in [-0.2, -0.15) is 5.10 Å². The molecule has 0 fully saturated rings. The number of amides is 1. The van der Waals surface area contributed by atoms with Gasteiger partial charge in [-0.05, 0) is 30.9 Å². The minimum atomic E-state index is -0.317. The van der Waals surface area contributed by atoms with E-state index < -0.39 is 0 Å². The zero-order valence-electron chi connectivity index (χ0n) is 17.0. The Bertz CT molecular complexity index is 979. The summed E-state index contributed by atoms with van der Waals surface area (Å²) < 4.78 is 20.1.